The van der Waals surface area contributed by atoms with E-state index in [0.717, 1.165) is 36.3 Å². The zero-order valence-corrected chi connectivity index (χ0v) is 16.2. The Morgan fingerprint density at radius 1 is 1.07 bits per heavy atom. The fourth-order valence-electron chi connectivity index (χ4n) is 3.61. The molecule has 146 valence electrons. The average molecular weight is 380 g/mol. The van der Waals surface area contributed by atoms with Gasteiger partial charge in [0.1, 0.15) is 5.75 Å². The van der Waals surface area contributed by atoms with Crippen LogP contribution < -0.4 is 14.8 Å². The third-order valence-corrected chi connectivity index (χ3v) is 5.12. The SMILES string of the molecule is COc1ccc(NC(=O)c2cc3c(CN4CCCC4)ccc(OC)c3o2)cc1. The average Bonchev–Trinajstić information content (AvgIpc) is 3.39. The van der Waals surface area contributed by atoms with Gasteiger partial charge in [0.2, 0.25) is 0 Å². The van der Waals surface area contributed by atoms with E-state index in [2.05, 4.69) is 16.3 Å². The lowest BCUT2D eigenvalue weighted by molar-refractivity contribution is 0.0998. The highest BCUT2D eigenvalue weighted by Crippen LogP contribution is 2.33. The number of benzene rings is 2. The Morgan fingerprint density at radius 3 is 2.50 bits per heavy atom. The van der Waals surface area contributed by atoms with Gasteiger partial charge in [-0.1, -0.05) is 6.07 Å². The molecule has 1 amide bonds. The van der Waals surface area contributed by atoms with Crippen LogP contribution in [0, 0.1) is 0 Å². The minimum atomic E-state index is -0.296. The lowest BCUT2D eigenvalue weighted by Crippen LogP contribution is -2.18. The van der Waals surface area contributed by atoms with Crippen LogP contribution in [0.2, 0.25) is 0 Å². The molecule has 28 heavy (non-hydrogen) atoms. The number of carbonyl (C=O) groups is 1. The molecule has 1 fully saturated rings. The number of methoxy groups -OCH3 is 2. The molecule has 6 heteroatoms. The molecule has 3 aromatic rings. The first kappa shape index (κ1) is 18.4. The lowest BCUT2D eigenvalue weighted by Gasteiger charge is -2.15. The number of hydrogen-bond donors (Lipinski definition) is 1. The molecule has 0 saturated carbocycles. The molecule has 0 radical (unpaired) electrons. The summed E-state index contributed by atoms with van der Waals surface area (Å²) in [5.41, 5.74) is 2.43. The number of nitrogens with one attached hydrogen (secondary N) is 1. The predicted molar refractivity (Wildman–Crippen MR) is 108 cm³/mol. The molecule has 2 aromatic carbocycles. The van der Waals surface area contributed by atoms with Crippen LogP contribution in [-0.2, 0) is 6.54 Å². The van der Waals surface area contributed by atoms with Crippen molar-refractivity contribution < 1.29 is 18.7 Å². The first-order chi connectivity index (χ1) is 13.7. The molecule has 1 saturated heterocycles. The van der Waals surface area contributed by atoms with E-state index in [-0.39, 0.29) is 11.7 Å². The second-order valence-corrected chi connectivity index (χ2v) is 6.95. The van der Waals surface area contributed by atoms with E-state index in [4.69, 9.17) is 13.9 Å². The molecule has 1 aliphatic rings. The second-order valence-electron chi connectivity index (χ2n) is 6.95. The maximum absolute atomic E-state index is 12.7. The van der Waals surface area contributed by atoms with Crippen LogP contribution in [0.25, 0.3) is 11.0 Å². The van der Waals surface area contributed by atoms with E-state index in [0.29, 0.717) is 17.0 Å². The van der Waals surface area contributed by atoms with Crippen molar-refractivity contribution in [3.05, 3.63) is 53.8 Å². The van der Waals surface area contributed by atoms with E-state index in [1.165, 1.54) is 12.8 Å². The number of furan rings is 1. The van der Waals surface area contributed by atoms with Crippen LogP contribution in [-0.4, -0.2) is 38.1 Å². The van der Waals surface area contributed by atoms with Gasteiger partial charge in [-0.25, -0.2) is 0 Å². The van der Waals surface area contributed by atoms with Crippen molar-refractivity contribution in [1.29, 1.82) is 0 Å². The second kappa shape index (κ2) is 7.94. The molecule has 1 aliphatic heterocycles. The number of rotatable bonds is 6. The molecule has 6 nitrogen and oxygen atoms in total. The normalized spacial score (nSPS) is 14.4. The first-order valence-electron chi connectivity index (χ1n) is 9.45. The van der Waals surface area contributed by atoms with Gasteiger partial charge in [-0.3, -0.25) is 9.69 Å². The summed E-state index contributed by atoms with van der Waals surface area (Å²) in [7, 11) is 3.21. The Balaban J connectivity index is 1.61. The molecule has 1 aromatic heterocycles. The van der Waals surface area contributed by atoms with Gasteiger partial charge >= 0.3 is 0 Å². The Hall–Kier alpha value is -2.99. The number of likely N-dealkylation sites (tertiary alicyclic amines) is 1. The number of anilines is 1. The van der Waals surface area contributed by atoms with E-state index in [1.807, 2.05) is 12.1 Å². The topological polar surface area (TPSA) is 63.9 Å². The van der Waals surface area contributed by atoms with Gasteiger partial charge in [-0.05, 0) is 67.9 Å². The summed E-state index contributed by atoms with van der Waals surface area (Å²) in [6, 6.07) is 12.9. The van der Waals surface area contributed by atoms with Gasteiger partial charge in [0.05, 0.1) is 14.2 Å². The smallest absolute Gasteiger partial charge is 0.291 e. The monoisotopic (exact) mass is 380 g/mol. The number of carbonyl (C=O) groups excluding carboxylic acids is 1. The largest absolute Gasteiger partial charge is 0.497 e. The first-order valence-corrected chi connectivity index (χ1v) is 9.45. The van der Waals surface area contributed by atoms with Gasteiger partial charge in [-0.2, -0.15) is 0 Å². The number of hydrogen-bond acceptors (Lipinski definition) is 5. The van der Waals surface area contributed by atoms with Crippen molar-refractivity contribution in [2.45, 2.75) is 19.4 Å². The van der Waals surface area contributed by atoms with E-state index in [9.17, 15) is 4.79 Å². The summed E-state index contributed by atoms with van der Waals surface area (Å²) in [6.45, 7) is 3.06. The fourth-order valence-corrected chi connectivity index (χ4v) is 3.61. The van der Waals surface area contributed by atoms with Gasteiger partial charge in [0, 0.05) is 17.6 Å². The van der Waals surface area contributed by atoms with Crippen LogP contribution >= 0.6 is 0 Å². The molecule has 0 atom stereocenters. The molecular formula is C22H24N2O4. The van der Waals surface area contributed by atoms with Crippen molar-refractivity contribution in [2.75, 3.05) is 32.6 Å². The van der Waals surface area contributed by atoms with Crippen molar-refractivity contribution >= 4 is 22.6 Å². The number of nitrogens with zero attached hydrogens (tertiary/aromatic N) is 1. The molecule has 0 unspecified atom stereocenters. The highest BCUT2D eigenvalue weighted by molar-refractivity contribution is 6.05. The molecular weight excluding hydrogens is 356 g/mol. The zero-order chi connectivity index (χ0) is 19.5. The molecule has 2 heterocycles. The van der Waals surface area contributed by atoms with Gasteiger partial charge in [-0.15, -0.1) is 0 Å². The highest BCUT2D eigenvalue weighted by Gasteiger charge is 2.20. The summed E-state index contributed by atoms with van der Waals surface area (Å²) in [5.74, 6) is 1.33. The zero-order valence-electron chi connectivity index (χ0n) is 16.2. The molecule has 0 spiro atoms. The van der Waals surface area contributed by atoms with E-state index < -0.39 is 0 Å². The summed E-state index contributed by atoms with van der Waals surface area (Å²) in [4.78, 5) is 15.1. The summed E-state index contributed by atoms with van der Waals surface area (Å²) >= 11 is 0. The number of amides is 1. The van der Waals surface area contributed by atoms with Crippen molar-refractivity contribution in [1.82, 2.24) is 4.90 Å². The Morgan fingerprint density at radius 2 is 1.82 bits per heavy atom. The maximum atomic E-state index is 12.7. The van der Waals surface area contributed by atoms with E-state index >= 15 is 0 Å². The Bertz CT molecular complexity index is 972. The summed E-state index contributed by atoms with van der Waals surface area (Å²) < 4.78 is 16.5. The third kappa shape index (κ3) is 3.68. The minimum Gasteiger partial charge on any atom is -0.497 e. The van der Waals surface area contributed by atoms with Crippen LogP contribution in [0.1, 0.15) is 29.0 Å². The Kier molecular flexibility index (Phi) is 5.21. The number of ether oxygens (including phenoxy) is 2. The predicted octanol–water partition coefficient (Wildman–Crippen LogP) is 4.30. The van der Waals surface area contributed by atoms with Crippen molar-refractivity contribution in [2.24, 2.45) is 0 Å². The van der Waals surface area contributed by atoms with Crippen LogP contribution in [0.5, 0.6) is 11.5 Å². The van der Waals surface area contributed by atoms with Crippen molar-refractivity contribution in [3.8, 4) is 11.5 Å². The maximum Gasteiger partial charge on any atom is 0.291 e. The molecule has 4 rings (SSSR count). The van der Waals surface area contributed by atoms with Crippen LogP contribution in [0.15, 0.2) is 46.9 Å². The fraction of sp³-hybridized carbons (Fsp3) is 0.318. The Labute approximate surface area is 164 Å². The van der Waals surface area contributed by atoms with Gasteiger partial charge < -0.3 is 19.2 Å². The molecule has 1 N–H and O–H groups in total. The lowest BCUT2D eigenvalue weighted by atomic mass is 10.1. The summed E-state index contributed by atoms with van der Waals surface area (Å²) in [5, 5.41) is 3.78. The van der Waals surface area contributed by atoms with Crippen LogP contribution in [0.3, 0.4) is 0 Å². The number of fused-ring (bicyclic) bond motifs is 1. The molecule has 0 bridgehead atoms. The molecule has 0 aliphatic carbocycles. The quantitative estimate of drug-likeness (QED) is 0.691. The highest BCUT2D eigenvalue weighted by atomic mass is 16.5. The van der Waals surface area contributed by atoms with Gasteiger partial charge in [0.15, 0.2) is 17.1 Å². The third-order valence-electron chi connectivity index (χ3n) is 5.12. The van der Waals surface area contributed by atoms with Gasteiger partial charge in [0.25, 0.3) is 5.91 Å². The van der Waals surface area contributed by atoms with Crippen molar-refractivity contribution in [3.63, 3.8) is 0 Å². The van der Waals surface area contributed by atoms with Crippen LogP contribution in [0.4, 0.5) is 5.69 Å². The minimum absolute atomic E-state index is 0.262. The van der Waals surface area contributed by atoms with E-state index in [1.54, 1.807) is 38.5 Å². The summed E-state index contributed by atoms with van der Waals surface area (Å²) in [6.07, 6.45) is 2.47. The standard InChI is InChI=1S/C22H24N2O4/c1-26-17-8-6-16(7-9-17)23-22(25)20-13-18-15(14-24-11-3-4-12-24)5-10-19(27-2)21(18)28-20/h5-10,13H,3-4,11-12,14H2,1-2H3,(H,23,25).